The van der Waals surface area contributed by atoms with E-state index in [9.17, 15) is 0 Å². The Labute approximate surface area is 218 Å². The highest BCUT2D eigenvalue weighted by Crippen LogP contribution is 2.19. The van der Waals surface area contributed by atoms with Crippen molar-refractivity contribution in [3.63, 3.8) is 0 Å². The normalized spacial score (nSPS) is 11.4. The number of nitrogens with one attached hydrogen (secondary N) is 2. The maximum Gasteiger partial charge on any atom is 0.0211 e. The summed E-state index contributed by atoms with van der Waals surface area (Å²) in [7, 11) is 0. The number of hydrogen-bond donors (Lipinski definition) is 2. The quantitative estimate of drug-likeness (QED) is 0.148. The smallest absolute Gasteiger partial charge is 0.0211 e. The van der Waals surface area contributed by atoms with Crippen molar-refractivity contribution in [1.29, 1.82) is 0 Å². The Kier molecular flexibility index (Phi) is 11.3. The van der Waals surface area contributed by atoms with E-state index in [-0.39, 0.29) is 0 Å². The van der Waals surface area contributed by atoms with Crippen molar-refractivity contribution in [2.24, 2.45) is 0 Å². The Morgan fingerprint density at radius 3 is 1.17 bits per heavy atom. The summed E-state index contributed by atoms with van der Waals surface area (Å²) in [6.07, 6.45) is 13.7. The molecule has 2 N–H and O–H groups in total. The first-order valence-corrected chi connectivity index (χ1v) is 14.3. The molecule has 0 saturated carbocycles. The van der Waals surface area contributed by atoms with Crippen LogP contribution in [0.3, 0.4) is 0 Å². The standard InChI is InChI=1S/C34H44N2/c1(3-5-7-13-25-35-27-31-21-15-19-29-17-9-11-23-33(29)31)2-4-6-8-14-26-36-28-32-22-16-20-30-18-10-12-24-34(30)32/h9-12,15-24,35-36H,1-8,13-14,25-28H2. The van der Waals surface area contributed by atoms with Crippen molar-refractivity contribution in [1.82, 2.24) is 10.6 Å². The molecule has 2 heteroatoms. The summed E-state index contributed by atoms with van der Waals surface area (Å²) in [5.74, 6) is 0. The van der Waals surface area contributed by atoms with Crippen LogP contribution in [-0.2, 0) is 13.1 Å². The molecule has 0 heterocycles. The maximum absolute atomic E-state index is 3.65. The van der Waals surface area contributed by atoms with Crippen LogP contribution >= 0.6 is 0 Å². The van der Waals surface area contributed by atoms with Crippen LogP contribution < -0.4 is 10.6 Å². The van der Waals surface area contributed by atoms with E-state index in [1.165, 1.54) is 96.9 Å². The van der Waals surface area contributed by atoms with E-state index < -0.39 is 0 Å². The van der Waals surface area contributed by atoms with Gasteiger partial charge in [0.15, 0.2) is 0 Å². The Morgan fingerprint density at radius 2 is 0.722 bits per heavy atom. The van der Waals surface area contributed by atoms with Gasteiger partial charge in [0.25, 0.3) is 0 Å². The molecular weight excluding hydrogens is 436 g/mol. The zero-order valence-electron chi connectivity index (χ0n) is 22.0. The second-order valence-electron chi connectivity index (χ2n) is 10.2. The molecule has 0 spiro atoms. The number of fused-ring (bicyclic) bond motifs is 2. The second kappa shape index (κ2) is 15.4. The molecule has 4 aromatic carbocycles. The second-order valence-corrected chi connectivity index (χ2v) is 10.2. The first-order chi connectivity index (χ1) is 17.9. The van der Waals surface area contributed by atoms with Crippen molar-refractivity contribution < 1.29 is 0 Å². The predicted octanol–water partition coefficient (Wildman–Crippen LogP) is 8.77. The molecule has 0 saturated heterocycles. The van der Waals surface area contributed by atoms with Crippen molar-refractivity contribution in [2.45, 2.75) is 77.3 Å². The van der Waals surface area contributed by atoms with Gasteiger partial charge in [-0.2, -0.15) is 0 Å². The van der Waals surface area contributed by atoms with E-state index in [4.69, 9.17) is 0 Å². The number of unbranched alkanes of at least 4 members (excludes halogenated alkanes) is 9. The molecule has 0 aliphatic carbocycles. The minimum absolute atomic E-state index is 0.972. The van der Waals surface area contributed by atoms with Crippen molar-refractivity contribution in [2.75, 3.05) is 13.1 Å². The lowest BCUT2D eigenvalue weighted by Crippen LogP contribution is -2.14. The van der Waals surface area contributed by atoms with Gasteiger partial charge in [0.05, 0.1) is 0 Å². The summed E-state index contributed by atoms with van der Waals surface area (Å²) < 4.78 is 0. The Morgan fingerprint density at radius 1 is 0.361 bits per heavy atom. The summed E-state index contributed by atoms with van der Waals surface area (Å²) in [6.45, 7) is 4.19. The third-order valence-corrected chi connectivity index (χ3v) is 7.35. The molecule has 2 nitrogen and oxygen atoms in total. The topological polar surface area (TPSA) is 24.1 Å². The molecule has 0 atom stereocenters. The molecule has 0 aliphatic rings. The van der Waals surface area contributed by atoms with Gasteiger partial charge in [-0.3, -0.25) is 0 Å². The maximum atomic E-state index is 3.65. The van der Waals surface area contributed by atoms with Gasteiger partial charge in [0.1, 0.15) is 0 Å². The summed E-state index contributed by atoms with van der Waals surface area (Å²) >= 11 is 0. The Hall–Kier alpha value is -2.68. The lowest BCUT2D eigenvalue weighted by atomic mass is 10.0. The molecular formula is C34H44N2. The summed E-state index contributed by atoms with van der Waals surface area (Å²) in [6, 6.07) is 30.6. The third-order valence-electron chi connectivity index (χ3n) is 7.35. The first kappa shape index (κ1) is 26.4. The fourth-order valence-electron chi connectivity index (χ4n) is 5.25. The summed E-state index contributed by atoms with van der Waals surface area (Å²) in [5.41, 5.74) is 2.82. The highest BCUT2D eigenvalue weighted by molar-refractivity contribution is 5.86. The van der Waals surface area contributed by atoms with Crippen molar-refractivity contribution in [3.05, 3.63) is 96.1 Å². The Bertz CT molecular complexity index is 1060. The Balaban J connectivity index is 0.932. The summed E-state index contributed by atoms with van der Waals surface area (Å²) in [4.78, 5) is 0. The van der Waals surface area contributed by atoms with Crippen molar-refractivity contribution >= 4 is 21.5 Å². The number of hydrogen-bond acceptors (Lipinski definition) is 2. The van der Waals surface area contributed by atoms with E-state index >= 15 is 0 Å². The lowest BCUT2D eigenvalue weighted by Gasteiger charge is -2.09. The van der Waals surface area contributed by atoms with Gasteiger partial charge in [-0.1, -0.05) is 136 Å². The molecule has 36 heavy (non-hydrogen) atoms. The van der Waals surface area contributed by atoms with Crippen molar-refractivity contribution in [3.8, 4) is 0 Å². The SMILES string of the molecule is c1ccc2c(CNCCCCCCCCCCCCNCc3cccc4ccccc34)cccc2c1. The van der Waals surface area contributed by atoms with Crippen LogP contribution in [0.25, 0.3) is 21.5 Å². The van der Waals surface area contributed by atoms with Crippen LogP contribution in [0, 0.1) is 0 Å². The zero-order valence-corrected chi connectivity index (χ0v) is 22.0. The van der Waals surface area contributed by atoms with Gasteiger partial charge >= 0.3 is 0 Å². The predicted molar refractivity (Wildman–Crippen MR) is 157 cm³/mol. The van der Waals surface area contributed by atoms with Crippen LogP contribution in [-0.4, -0.2) is 13.1 Å². The zero-order chi connectivity index (χ0) is 24.7. The van der Waals surface area contributed by atoms with Crippen LogP contribution in [0.2, 0.25) is 0 Å². The molecule has 0 radical (unpaired) electrons. The van der Waals surface area contributed by atoms with Gasteiger partial charge in [-0.25, -0.2) is 0 Å². The number of rotatable bonds is 17. The monoisotopic (exact) mass is 480 g/mol. The molecule has 0 amide bonds. The molecule has 0 unspecified atom stereocenters. The van der Waals surface area contributed by atoms with Crippen LogP contribution in [0.5, 0.6) is 0 Å². The van der Waals surface area contributed by atoms with Gasteiger partial charge in [0, 0.05) is 13.1 Å². The molecule has 4 aromatic rings. The molecule has 190 valence electrons. The lowest BCUT2D eigenvalue weighted by molar-refractivity contribution is 0.533. The highest BCUT2D eigenvalue weighted by Gasteiger charge is 2.01. The van der Waals surface area contributed by atoms with E-state index in [0.717, 1.165) is 26.2 Å². The minimum atomic E-state index is 0.972. The fraction of sp³-hybridized carbons (Fsp3) is 0.412. The van der Waals surface area contributed by atoms with E-state index in [1.54, 1.807) is 0 Å². The number of benzene rings is 4. The van der Waals surface area contributed by atoms with E-state index in [2.05, 4.69) is 95.6 Å². The largest absolute Gasteiger partial charge is 0.313 e. The molecule has 4 rings (SSSR count). The first-order valence-electron chi connectivity index (χ1n) is 14.3. The average Bonchev–Trinajstić information content (AvgIpc) is 2.93. The average molecular weight is 481 g/mol. The highest BCUT2D eigenvalue weighted by atomic mass is 14.8. The van der Waals surface area contributed by atoms with E-state index in [1.807, 2.05) is 0 Å². The van der Waals surface area contributed by atoms with E-state index in [0.29, 0.717) is 0 Å². The van der Waals surface area contributed by atoms with Crippen LogP contribution in [0.15, 0.2) is 84.9 Å². The van der Waals surface area contributed by atoms with Crippen LogP contribution in [0.4, 0.5) is 0 Å². The molecule has 0 bridgehead atoms. The molecule has 0 fully saturated rings. The molecule has 0 aromatic heterocycles. The fourth-order valence-corrected chi connectivity index (χ4v) is 5.25. The molecule has 0 aliphatic heterocycles. The summed E-state index contributed by atoms with van der Waals surface area (Å²) in [5, 5.41) is 12.7. The minimum Gasteiger partial charge on any atom is -0.313 e. The van der Waals surface area contributed by atoms with Gasteiger partial charge in [-0.05, 0) is 58.6 Å². The van der Waals surface area contributed by atoms with Gasteiger partial charge in [0.2, 0.25) is 0 Å². The third kappa shape index (κ3) is 8.47. The van der Waals surface area contributed by atoms with Gasteiger partial charge in [-0.15, -0.1) is 0 Å². The van der Waals surface area contributed by atoms with Crippen LogP contribution in [0.1, 0.15) is 75.3 Å². The van der Waals surface area contributed by atoms with Gasteiger partial charge < -0.3 is 10.6 Å².